The zero-order valence-corrected chi connectivity index (χ0v) is 8.38. The summed E-state index contributed by atoms with van der Waals surface area (Å²) in [6, 6.07) is 0. The number of aromatic nitrogens is 2. The molecule has 0 radical (unpaired) electrons. The summed E-state index contributed by atoms with van der Waals surface area (Å²) in [6.07, 6.45) is 3.44. The molecule has 0 spiro atoms. The lowest BCUT2D eigenvalue weighted by Gasteiger charge is -2.00. The molecule has 0 atom stereocenters. The van der Waals surface area contributed by atoms with Gasteiger partial charge in [0.1, 0.15) is 5.03 Å². The molecule has 0 unspecified atom stereocenters. The number of methoxy groups -OCH3 is 1. The van der Waals surface area contributed by atoms with Crippen LogP contribution >= 0.6 is 11.8 Å². The Bertz CT molecular complexity index is 240. The van der Waals surface area contributed by atoms with E-state index in [1.165, 1.54) is 0 Å². The van der Waals surface area contributed by atoms with Crippen LogP contribution in [-0.2, 0) is 11.3 Å². The average Bonchev–Trinajstić information content (AvgIpc) is 2.19. The van der Waals surface area contributed by atoms with Crippen LogP contribution in [0.3, 0.4) is 0 Å². The lowest BCUT2D eigenvalue weighted by molar-refractivity contribution is 0.218. The highest BCUT2D eigenvalue weighted by Gasteiger charge is 1.96. The molecule has 0 aliphatic carbocycles. The van der Waals surface area contributed by atoms with Gasteiger partial charge in [-0.25, -0.2) is 4.98 Å². The van der Waals surface area contributed by atoms with Gasteiger partial charge in [-0.3, -0.25) is 4.98 Å². The molecule has 0 bridgehead atoms. The summed E-state index contributed by atoms with van der Waals surface area (Å²) in [5, 5.41) is 0.911. The minimum Gasteiger partial charge on any atom is -0.384 e. The fourth-order valence-electron chi connectivity index (χ4n) is 0.752. The van der Waals surface area contributed by atoms with Gasteiger partial charge in [-0.2, -0.15) is 0 Å². The molecule has 5 heteroatoms. The first-order chi connectivity index (χ1) is 6.36. The molecule has 0 aliphatic heterocycles. The Morgan fingerprint density at radius 2 is 2.31 bits per heavy atom. The summed E-state index contributed by atoms with van der Waals surface area (Å²) < 4.78 is 4.92. The monoisotopic (exact) mass is 199 g/mol. The van der Waals surface area contributed by atoms with Crippen LogP contribution in [-0.4, -0.2) is 29.4 Å². The summed E-state index contributed by atoms with van der Waals surface area (Å²) in [4.78, 5) is 8.31. The van der Waals surface area contributed by atoms with Crippen LogP contribution in [0.5, 0.6) is 0 Å². The van der Waals surface area contributed by atoms with Crippen molar-refractivity contribution in [1.82, 2.24) is 9.97 Å². The first kappa shape index (κ1) is 10.4. The second-order valence-electron chi connectivity index (χ2n) is 2.39. The van der Waals surface area contributed by atoms with Gasteiger partial charge in [-0.1, -0.05) is 0 Å². The van der Waals surface area contributed by atoms with Crippen molar-refractivity contribution in [3.8, 4) is 0 Å². The van der Waals surface area contributed by atoms with Crippen LogP contribution in [0.1, 0.15) is 5.69 Å². The first-order valence-corrected chi connectivity index (χ1v) is 4.98. The highest BCUT2D eigenvalue weighted by molar-refractivity contribution is 7.99. The van der Waals surface area contributed by atoms with Gasteiger partial charge in [0.2, 0.25) is 0 Å². The number of nitrogens with two attached hydrogens (primary N) is 1. The molecule has 4 nitrogen and oxygen atoms in total. The number of nitrogens with zero attached hydrogens (tertiary/aromatic N) is 2. The predicted molar refractivity (Wildman–Crippen MR) is 52.5 cm³/mol. The highest BCUT2D eigenvalue weighted by atomic mass is 32.2. The van der Waals surface area contributed by atoms with E-state index in [0.29, 0.717) is 6.54 Å². The summed E-state index contributed by atoms with van der Waals surface area (Å²) in [5.74, 6) is 0.896. The maximum Gasteiger partial charge on any atom is 0.114 e. The number of hydrogen-bond acceptors (Lipinski definition) is 5. The van der Waals surface area contributed by atoms with Gasteiger partial charge in [0, 0.05) is 19.4 Å². The third-order valence-electron chi connectivity index (χ3n) is 1.43. The summed E-state index contributed by atoms with van der Waals surface area (Å²) in [7, 11) is 1.68. The van der Waals surface area contributed by atoms with Gasteiger partial charge in [-0.05, 0) is 0 Å². The topological polar surface area (TPSA) is 61.0 Å². The molecule has 0 aromatic carbocycles. The van der Waals surface area contributed by atoms with Crippen molar-refractivity contribution in [3.63, 3.8) is 0 Å². The molecule has 1 aromatic rings. The second kappa shape index (κ2) is 5.90. The summed E-state index contributed by atoms with van der Waals surface area (Å²) in [5.41, 5.74) is 6.21. The molecule has 0 fully saturated rings. The van der Waals surface area contributed by atoms with Crippen molar-refractivity contribution in [3.05, 3.63) is 18.1 Å². The van der Waals surface area contributed by atoms with E-state index >= 15 is 0 Å². The van der Waals surface area contributed by atoms with Gasteiger partial charge in [-0.15, -0.1) is 11.8 Å². The number of rotatable bonds is 5. The lowest BCUT2D eigenvalue weighted by atomic mass is 10.5. The van der Waals surface area contributed by atoms with Crippen molar-refractivity contribution in [1.29, 1.82) is 0 Å². The van der Waals surface area contributed by atoms with Crippen molar-refractivity contribution in [2.75, 3.05) is 19.5 Å². The van der Waals surface area contributed by atoms with Crippen LogP contribution in [0, 0.1) is 0 Å². The number of thioether (sulfide) groups is 1. The molecule has 0 saturated heterocycles. The zero-order chi connectivity index (χ0) is 9.52. The molecule has 13 heavy (non-hydrogen) atoms. The van der Waals surface area contributed by atoms with Crippen LogP contribution < -0.4 is 5.73 Å². The molecule has 0 amide bonds. The molecule has 0 saturated carbocycles. The third kappa shape index (κ3) is 3.71. The zero-order valence-electron chi connectivity index (χ0n) is 7.56. The Morgan fingerprint density at radius 3 is 2.85 bits per heavy atom. The minimum atomic E-state index is 0.440. The van der Waals surface area contributed by atoms with Crippen molar-refractivity contribution < 1.29 is 4.74 Å². The Hall–Kier alpha value is -0.650. The third-order valence-corrected chi connectivity index (χ3v) is 2.31. The SMILES string of the molecule is COCCSc1cnc(CN)cn1. The van der Waals surface area contributed by atoms with E-state index in [1.54, 1.807) is 31.3 Å². The van der Waals surface area contributed by atoms with E-state index in [0.717, 1.165) is 23.1 Å². The van der Waals surface area contributed by atoms with Crippen LogP contribution in [0.4, 0.5) is 0 Å². The lowest BCUT2D eigenvalue weighted by Crippen LogP contribution is -2.00. The van der Waals surface area contributed by atoms with E-state index in [2.05, 4.69) is 9.97 Å². The Kier molecular flexibility index (Phi) is 4.74. The molecule has 2 N–H and O–H groups in total. The van der Waals surface area contributed by atoms with Crippen molar-refractivity contribution in [2.24, 2.45) is 5.73 Å². The predicted octanol–water partition coefficient (Wildman–Crippen LogP) is 0.674. The normalized spacial score (nSPS) is 10.3. The summed E-state index contributed by atoms with van der Waals surface area (Å²) in [6.45, 7) is 1.17. The Labute approximate surface area is 81.9 Å². The first-order valence-electron chi connectivity index (χ1n) is 3.99. The number of ether oxygens (including phenoxy) is 1. The Morgan fingerprint density at radius 1 is 1.46 bits per heavy atom. The van der Waals surface area contributed by atoms with Gasteiger partial charge < -0.3 is 10.5 Å². The fourth-order valence-corrected chi connectivity index (χ4v) is 1.47. The second-order valence-corrected chi connectivity index (χ2v) is 3.51. The average molecular weight is 199 g/mol. The fraction of sp³-hybridized carbons (Fsp3) is 0.500. The van der Waals surface area contributed by atoms with E-state index in [-0.39, 0.29) is 0 Å². The molecule has 1 rings (SSSR count). The molecular formula is C8H13N3OS. The molecule has 1 aromatic heterocycles. The van der Waals surface area contributed by atoms with E-state index in [4.69, 9.17) is 10.5 Å². The molecular weight excluding hydrogens is 186 g/mol. The van der Waals surface area contributed by atoms with Gasteiger partial charge in [0.05, 0.1) is 24.7 Å². The van der Waals surface area contributed by atoms with E-state index in [9.17, 15) is 0 Å². The quantitative estimate of drug-likeness (QED) is 0.558. The van der Waals surface area contributed by atoms with Gasteiger partial charge >= 0.3 is 0 Å². The van der Waals surface area contributed by atoms with Crippen molar-refractivity contribution >= 4 is 11.8 Å². The van der Waals surface area contributed by atoms with Gasteiger partial charge in [0.15, 0.2) is 0 Å². The number of hydrogen-bond donors (Lipinski definition) is 1. The van der Waals surface area contributed by atoms with Crippen molar-refractivity contribution in [2.45, 2.75) is 11.6 Å². The largest absolute Gasteiger partial charge is 0.384 e. The maximum atomic E-state index is 5.39. The molecule has 72 valence electrons. The van der Waals surface area contributed by atoms with Gasteiger partial charge in [0.25, 0.3) is 0 Å². The maximum absolute atomic E-state index is 5.39. The van der Waals surface area contributed by atoms with E-state index in [1.807, 2.05) is 0 Å². The minimum absolute atomic E-state index is 0.440. The van der Waals surface area contributed by atoms with Crippen LogP contribution in [0.15, 0.2) is 17.4 Å². The molecule has 1 heterocycles. The highest BCUT2D eigenvalue weighted by Crippen LogP contribution is 2.12. The standard InChI is InChI=1S/C8H13N3OS/c1-12-2-3-13-8-6-10-7(4-9)5-11-8/h5-6H,2-4,9H2,1H3. The molecule has 0 aliphatic rings. The smallest absolute Gasteiger partial charge is 0.114 e. The summed E-state index contributed by atoms with van der Waals surface area (Å²) >= 11 is 1.62. The van der Waals surface area contributed by atoms with Crippen LogP contribution in [0.2, 0.25) is 0 Å². The van der Waals surface area contributed by atoms with E-state index < -0.39 is 0 Å². The Balaban J connectivity index is 2.40. The van der Waals surface area contributed by atoms with Crippen LogP contribution in [0.25, 0.3) is 0 Å².